The summed E-state index contributed by atoms with van der Waals surface area (Å²) in [5.74, 6) is -0.325. The maximum Gasteiger partial charge on any atom is 0.251 e. The highest BCUT2D eigenvalue weighted by Crippen LogP contribution is 2.25. The second-order valence-corrected chi connectivity index (χ2v) is 9.51. The van der Waals surface area contributed by atoms with Crippen molar-refractivity contribution in [3.05, 3.63) is 94.0 Å². The van der Waals surface area contributed by atoms with Crippen LogP contribution in [0.5, 0.6) is 11.5 Å². The number of aliphatic hydroxyl groups excluding tert-OH is 1. The zero-order valence-corrected chi connectivity index (χ0v) is 20.1. The van der Waals surface area contributed by atoms with Crippen LogP contribution in [0.2, 0.25) is 5.02 Å². The Kier molecular flexibility index (Phi) is 8.56. The summed E-state index contributed by atoms with van der Waals surface area (Å²) in [5, 5.41) is 36.7. The van der Waals surface area contributed by atoms with E-state index in [9.17, 15) is 20.1 Å². The molecule has 34 heavy (non-hydrogen) atoms. The van der Waals surface area contributed by atoms with E-state index in [4.69, 9.17) is 11.6 Å². The molecule has 0 aromatic heterocycles. The third kappa shape index (κ3) is 7.76. The number of halogens is 1. The zero-order valence-electron chi connectivity index (χ0n) is 19.4. The molecule has 6 nitrogen and oxygen atoms in total. The van der Waals surface area contributed by atoms with Crippen molar-refractivity contribution in [1.29, 1.82) is 0 Å². The third-order valence-electron chi connectivity index (χ3n) is 5.53. The van der Waals surface area contributed by atoms with Crippen molar-refractivity contribution in [3.63, 3.8) is 0 Å². The SMILES string of the molecule is CC(C)(Cc1cccc(C(=O)NCCc2ccc(Cl)cc2)c1)NCC(O)c1cc(O)cc(O)c1. The first kappa shape index (κ1) is 25.6. The highest BCUT2D eigenvalue weighted by Gasteiger charge is 2.21. The predicted molar refractivity (Wildman–Crippen MR) is 134 cm³/mol. The fraction of sp³-hybridized carbons (Fsp3) is 0.296. The van der Waals surface area contributed by atoms with E-state index in [1.807, 2.05) is 56.3 Å². The number of aromatic hydroxyl groups is 2. The summed E-state index contributed by atoms with van der Waals surface area (Å²) in [4.78, 5) is 12.6. The van der Waals surface area contributed by atoms with Crippen molar-refractivity contribution in [2.45, 2.75) is 38.3 Å². The Hall–Kier alpha value is -3.06. The molecular weight excluding hydrogens is 452 g/mol. The minimum Gasteiger partial charge on any atom is -0.508 e. The van der Waals surface area contributed by atoms with E-state index in [1.54, 1.807) is 6.07 Å². The van der Waals surface area contributed by atoms with Gasteiger partial charge in [0.2, 0.25) is 0 Å². The summed E-state index contributed by atoms with van der Waals surface area (Å²) in [5.41, 5.74) is 2.75. The molecule has 0 spiro atoms. The Labute approximate surface area is 205 Å². The first-order chi connectivity index (χ1) is 16.1. The van der Waals surface area contributed by atoms with Gasteiger partial charge in [-0.05, 0) is 79.8 Å². The average Bonchev–Trinajstić information content (AvgIpc) is 2.78. The standard InChI is InChI=1S/C27H31ClN2O4/c1-27(2,30-17-25(33)21-13-23(31)15-24(32)14-21)16-19-4-3-5-20(12-19)26(34)29-11-10-18-6-8-22(28)9-7-18/h3-9,12-15,25,30-33H,10-11,16-17H2,1-2H3,(H,29,34). The first-order valence-electron chi connectivity index (χ1n) is 11.2. The van der Waals surface area contributed by atoms with Crippen molar-refractivity contribution in [1.82, 2.24) is 10.6 Å². The van der Waals surface area contributed by atoms with Crippen molar-refractivity contribution >= 4 is 17.5 Å². The molecule has 0 saturated carbocycles. The number of phenols is 2. The highest BCUT2D eigenvalue weighted by molar-refractivity contribution is 6.30. The molecule has 1 unspecified atom stereocenters. The summed E-state index contributed by atoms with van der Waals surface area (Å²) >= 11 is 5.91. The van der Waals surface area contributed by atoms with Gasteiger partial charge in [-0.15, -0.1) is 0 Å². The van der Waals surface area contributed by atoms with Crippen molar-refractivity contribution in [2.24, 2.45) is 0 Å². The van der Waals surface area contributed by atoms with Gasteiger partial charge in [0.05, 0.1) is 6.10 Å². The molecule has 1 amide bonds. The molecule has 0 saturated heterocycles. The van der Waals surface area contributed by atoms with Crippen LogP contribution < -0.4 is 10.6 Å². The predicted octanol–water partition coefficient (Wildman–Crippen LogP) is 4.37. The molecule has 0 aliphatic rings. The summed E-state index contributed by atoms with van der Waals surface area (Å²) in [7, 11) is 0. The van der Waals surface area contributed by atoms with E-state index in [-0.39, 0.29) is 29.5 Å². The smallest absolute Gasteiger partial charge is 0.251 e. The van der Waals surface area contributed by atoms with E-state index in [0.717, 1.165) is 17.5 Å². The third-order valence-corrected chi connectivity index (χ3v) is 5.78. The normalized spacial score (nSPS) is 12.4. The van der Waals surface area contributed by atoms with Crippen LogP contribution in [0, 0.1) is 0 Å². The molecular formula is C27H31ClN2O4. The van der Waals surface area contributed by atoms with E-state index < -0.39 is 6.10 Å². The lowest BCUT2D eigenvalue weighted by Gasteiger charge is -2.28. The van der Waals surface area contributed by atoms with Gasteiger partial charge < -0.3 is 26.0 Å². The number of benzene rings is 3. The summed E-state index contributed by atoms with van der Waals surface area (Å²) in [6.45, 7) is 4.79. The van der Waals surface area contributed by atoms with Gasteiger partial charge in [0.15, 0.2) is 0 Å². The summed E-state index contributed by atoms with van der Waals surface area (Å²) < 4.78 is 0. The Morgan fingerprint density at radius 3 is 2.32 bits per heavy atom. The number of β-amino-alcohol motifs (C(OH)–C–C–N with tert-alkyl or cyclic N) is 1. The van der Waals surface area contributed by atoms with E-state index in [1.165, 1.54) is 18.2 Å². The number of hydrogen-bond acceptors (Lipinski definition) is 5. The monoisotopic (exact) mass is 482 g/mol. The fourth-order valence-electron chi connectivity index (χ4n) is 3.77. The first-order valence-corrected chi connectivity index (χ1v) is 11.6. The van der Waals surface area contributed by atoms with Gasteiger partial charge in [-0.2, -0.15) is 0 Å². The molecule has 0 bridgehead atoms. The topological polar surface area (TPSA) is 102 Å². The number of carbonyl (C=O) groups excluding carboxylic acids is 1. The number of hydrogen-bond donors (Lipinski definition) is 5. The molecule has 7 heteroatoms. The Morgan fingerprint density at radius 1 is 0.971 bits per heavy atom. The number of rotatable bonds is 10. The van der Waals surface area contributed by atoms with Crippen LogP contribution in [0.4, 0.5) is 0 Å². The van der Waals surface area contributed by atoms with Crippen LogP contribution in [0.1, 0.15) is 47.0 Å². The largest absolute Gasteiger partial charge is 0.508 e. The highest BCUT2D eigenvalue weighted by atomic mass is 35.5. The van der Waals surface area contributed by atoms with Gasteiger partial charge >= 0.3 is 0 Å². The van der Waals surface area contributed by atoms with Gasteiger partial charge in [0.1, 0.15) is 11.5 Å². The van der Waals surface area contributed by atoms with Gasteiger partial charge in [0, 0.05) is 35.3 Å². The molecule has 0 aliphatic carbocycles. The van der Waals surface area contributed by atoms with Crippen LogP contribution in [-0.2, 0) is 12.8 Å². The van der Waals surface area contributed by atoms with Crippen LogP contribution in [-0.4, -0.2) is 39.9 Å². The number of nitrogens with one attached hydrogen (secondary N) is 2. The van der Waals surface area contributed by atoms with E-state index >= 15 is 0 Å². The molecule has 0 fully saturated rings. The zero-order chi connectivity index (χ0) is 24.7. The minimum absolute atomic E-state index is 0.100. The Balaban J connectivity index is 1.53. The molecule has 0 radical (unpaired) electrons. The van der Waals surface area contributed by atoms with Gasteiger partial charge in [0.25, 0.3) is 5.91 Å². The van der Waals surface area contributed by atoms with Crippen molar-refractivity contribution in [3.8, 4) is 11.5 Å². The lowest BCUT2D eigenvalue weighted by atomic mass is 9.93. The Bertz CT molecular complexity index is 1100. The molecule has 5 N–H and O–H groups in total. The number of amides is 1. The molecule has 180 valence electrons. The number of carbonyl (C=O) groups is 1. The van der Waals surface area contributed by atoms with Crippen LogP contribution in [0.15, 0.2) is 66.7 Å². The van der Waals surface area contributed by atoms with Crippen LogP contribution in [0.3, 0.4) is 0 Å². The molecule has 3 rings (SSSR count). The second-order valence-electron chi connectivity index (χ2n) is 9.07. The van der Waals surface area contributed by atoms with E-state index in [0.29, 0.717) is 29.1 Å². The summed E-state index contributed by atoms with van der Waals surface area (Å²) in [6.07, 6.45) is 0.463. The second kappa shape index (κ2) is 11.4. The molecule has 0 heterocycles. The molecule has 0 aliphatic heterocycles. The lowest BCUT2D eigenvalue weighted by molar-refractivity contribution is 0.0954. The van der Waals surface area contributed by atoms with Crippen LogP contribution >= 0.6 is 11.6 Å². The quantitative estimate of drug-likeness (QED) is 0.295. The number of phenolic OH excluding ortho intramolecular Hbond substituents is 2. The van der Waals surface area contributed by atoms with Gasteiger partial charge in [-0.1, -0.05) is 35.9 Å². The lowest BCUT2D eigenvalue weighted by Crippen LogP contribution is -2.43. The maximum atomic E-state index is 12.6. The van der Waals surface area contributed by atoms with Crippen molar-refractivity contribution < 1.29 is 20.1 Å². The number of aliphatic hydroxyl groups is 1. The minimum atomic E-state index is -0.893. The van der Waals surface area contributed by atoms with Crippen LogP contribution in [0.25, 0.3) is 0 Å². The molecule has 1 atom stereocenters. The fourth-order valence-corrected chi connectivity index (χ4v) is 3.90. The maximum absolute atomic E-state index is 12.6. The van der Waals surface area contributed by atoms with E-state index in [2.05, 4.69) is 10.6 Å². The molecule has 3 aromatic carbocycles. The van der Waals surface area contributed by atoms with Gasteiger partial charge in [-0.25, -0.2) is 0 Å². The molecule has 3 aromatic rings. The average molecular weight is 483 g/mol. The Morgan fingerprint density at radius 2 is 1.65 bits per heavy atom. The van der Waals surface area contributed by atoms with Gasteiger partial charge in [-0.3, -0.25) is 4.79 Å². The van der Waals surface area contributed by atoms with Crippen molar-refractivity contribution in [2.75, 3.05) is 13.1 Å². The summed E-state index contributed by atoms with van der Waals surface area (Å²) in [6, 6.07) is 19.1.